The monoisotopic (exact) mass is 239 g/mol. The Balaban J connectivity index is 1.64. The minimum Gasteiger partial charge on any atom is -0.329 e. The van der Waals surface area contributed by atoms with E-state index in [2.05, 4.69) is 16.8 Å². The molecule has 0 unspecified atom stereocenters. The van der Waals surface area contributed by atoms with E-state index < -0.39 is 0 Å². The predicted molar refractivity (Wildman–Crippen MR) is 73.1 cm³/mol. The minimum absolute atomic E-state index is 0.819. The predicted octanol–water partition coefficient (Wildman–Crippen LogP) is 1.39. The van der Waals surface area contributed by atoms with Gasteiger partial charge in [-0.05, 0) is 77.2 Å². The third kappa shape index (κ3) is 4.23. The van der Waals surface area contributed by atoms with E-state index in [4.69, 9.17) is 5.73 Å². The van der Waals surface area contributed by atoms with Crippen molar-refractivity contribution in [3.05, 3.63) is 0 Å². The molecule has 2 aliphatic heterocycles. The van der Waals surface area contributed by atoms with E-state index in [1.165, 1.54) is 58.3 Å². The number of piperidine rings is 2. The van der Waals surface area contributed by atoms with Gasteiger partial charge >= 0.3 is 0 Å². The Morgan fingerprint density at radius 3 is 2.00 bits per heavy atom. The summed E-state index contributed by atoms with van der Waals surface area (Å²) in [6.45, 7) is 7.12. The molecule has 0 saturated carbocycles. The number of hydrogen-bond donors (Lipinski definition) is 1. The molecular formula is C14H29N3. The first-order valence-electron chi connectivity index (χ1n) is 7.39. The number of rotatable bonds is 4. The zero-order valence-corrected chi connectivity index (χ0v) is 11.4. The Morgan fingerprint density at radius 1 is 0.941 bits per heavy atom. The van der Waals surface area contributed by atoms with Crippen molar-refractivity contribution in [2.45, 2.75) is 32.1 Å². The molecule has 2 fully saturated rings. The van der Waals surface area contributed by atoms with Gasteiger partial charge in [-0.1, -0.05) is 0 Å². The molecule has 0 aliphatic carbocycles. The SMILES string of the molecule is CN1CCC(CC2CCN(CCN)CC2)CC1. The fraction of sp³-hybridized carbons (Fsp3) is 1.00. The second-order valence-corrected chi connectivity index (χ2v) is 6.06. The highest BCUT2D eigenvalue weighted by Gasteiger charge is 2.24. The molecule has 0 aromatic heterocycles. The Labute approximate surface area is 106 Å². The van der Waals surface area contributed by atoms with Crippen molar-refractivity contribution in [3.63, 3.8) is 0 Å². The first kappa shape index (κ1) is 13.3. The van der Waals surface area contributed by atoms with E-state index in [9.17, 15) is 0 Å². The molecule has 2 rings (SSSR count). The summed E-state index contributed by atoms with van der Waals surface area (Å²) < 4.78 is 0. The molecule has 3 heteroatoms. The van der Waals surface area contributed by atoms with Crippen molar-refractivity contribution >= 4 is 0 Å². The van der Waals surface area contributed by atoms with Crippen LogP contribution in [0.15, 0.2) is 0 Å². The Morgan fingerprint density at radius 2 is 1.47 bits per heavy atom. The van der Waals surface area contributed by atoms with Gasteiger partial charge in [0.1, 0.15) is 0 Å². The topological polar surface area (TPSA) is 32.5 Å². The van der Waals surface area contributed by atoms with E-state index >= 15 is 0 Å². The Bertz CT molecular complexity index is 204. The summed E-state index contributed by atoms with van der Waals surface area (Å²) in [4.78, 5) is 5.01. The van der Waals surface area contributed by atoms with E-state index in [1.54, 1.807) is 0 Å². The summed E-state index contributed by atoms with van der Waals surface area (Å²) >= 11 is 0. The molecule has 2 aliphatic rings. The van der Waals surface area contributed by atoms with E-state index in [-0.39, 0.29) is 0 Å². The molecule has 3 nitrogen and oxygen atoms in total. The lowest BCUT2D eigenvalue weighted by Crippen LogP contribution is -2.38. The van der Waals surface area contributed by atoms with Crippen molar-refractivity contribution < 1.29 is 0 Å². The number of nitrogens with two attached hydrogens (primary N) is 1. The highest BCUT2D eigenvalue weighted by atomic mass is 15.1. The molecule has 17 heavy (non-hydrogen) atoms. The molecule has 2 saturated heterocycles. The third-order valence-electron chi connectivity index (χ3n) is 4.66. The number of hydrogen-bond acceptors (Lipinski definition) is 3. The van der Waals surface area contributed by atoms with Crippen molar-refractivity contribution in [3.8, 4) is 0 Å². The van der Waals surface area contributed by atoms with Crippen LogP contribution in [0.1, 0.15) is 32.1 Å². The molecule has 0 amide bonds. The van der Waals surface area contributed by atoms with Gasteiger partial charge in [-0.15, -0.1) is 0 Å². The van der Waals surface area contributed by atoms with Crippen molar-refractivity contribution in [1.29, 1.82) is 0 Å². The normalized spacial score (nSPS) is 26.5. The van der Waals surface area contributed by atoms with Crippen LogP contribution in [0.4, 0.5) is 0 Å². The quantitative estimate of drug-likeness (QED) is 0.805. The Hall–Kier alpha value is -0.120. The summed E-state index contributed by atoms with van der Waals surface area (Å²) in [6.07, 6.45) is 7.17. The molecule has 0 bridgehead atoms. The van der Waals surface area contributed by atoms with E-state index in [0.29, 0.717) is 0 Å². The molecular weight excluding hydrogens is 210 g/mol. The van der Waals surface area contributed by atoms with Gasteiger partial charge in [0.05, 0.1) is 0 Å². The van der Waals surface area contributed by atoms with Gasteiger partial charge in [-0.2, -0.15) is 0 Å². The first-order chi connectivity index (χ1) is 8.28. The molecule has 2 N–H and O–H groups in total. The highest BCUT2D eigenvalue weighted by Crippen LogP contribution is 2.29. The lowest BCUT2D eigenvalue weighted by molar-refractivity contribution is 0.144. The van der Waals surface area contributed by atoms with Crippen molar-refractivity contribution in [2.75, 3.05) is 46.3 Å². The van der Waals surface area contributed by atoms with Crippen LogP contribution in [0.3, 0.4) is 0 Å². The van der Waals surface area contributed by atoms with Crippen LogP contribution in [-0.4, -0.2) is 56.1 Å². The third-order valence-corrected chi connectivity index (χ3v) is 4.66. The second kappa shape index (κ2) is 6.72. The standard InChI is InChI=1S/C14H29N3/c1-16-7-2-13(3-8-16)12-14-4-9-17(10-5-14)11-6-15/h13-14H,2-12,15H2,1H3. The largest absolute Gasteiger partial charge is 0.329 e. The highest BCUT2D eigenvalue weighted by molar-refractivity contribution is 4.77. The minimum atomic E-state index is 0.819. The maximum absolute atomic E-state index is 5.61. The van der Waals surface area contributed by atoms with Crippen LogP contribution in [0.2, 0.25) is 0 Å². The van der Waals surface area contributed by atoms with Gasteiger partial charge in [0, 0.05) is 13.1 Å². The fourth-order valence-electron chi connectivity index (χ4n) is 3.40. The van der Waals surface area contributed by atoms with Crippen LogP contribution in [0, 0.1) is 11.8 Å². The summed E-state index contributed by atoms with van der Waals surface area (Å²) in [7, 11) is 2.25. The van der Waals surface area contributed by atoms with Gasteiger partial charge in [0.15, 0.2) is 0 Å². The lowest BCUT2D eigenvalue weighted by atomic mass is 9.83. The molecule has 0 aromatic rings. The molecule has 0 aromatic carbocycles. The van der Waals surface area contributed by atoms with Crippen LogP contribution < -0.4 is 5.73 Å². The molecule has 2 heterocycles. The lowest BCUT2D eigenvalue weighted by Gasteiger charge is -2.35. The summed E-state index contributed by atoms with van der Waals surface area (Å²) in [5, 5.41) is 0. The maximum atomic E-state index is 5.61. The van der Waals surface area contributed by atoms with Crippen LogP contribution in [-0.2, 0) is 0 Å². The summed E-state index contributed by atoms with van der Waals surface area (Å²) in [5.41, 5.74) is 5.61. The van der Waals surface area contributed by atoms with Gasteiger partial charge in [-0.25, -0.2) is 0 Å². The van der Waals surface area contributed by atoms with Gasteiger partial charge < -0.3 is 15.5 Å². The van der Waals surface area contributed by atoms with E-state index in [0.717, 1.165) is 24.9 Å². The molecule has 0 radical (unpaired) electrons. The number of nitrogens with zero attached hydrogens (tertiary/aromatic N) is 2. The second-order valence-electron chi connectivity index (χ2n) is 6.06. The maximum Gasteiger partial charge on any atom is 0.0105 e. The molecule has 0 atom stereocenters. The smallest absolute Gasteiger partial charge is 0.0105 e. The molecule has 0 spiro atoms. The number of likely N-dealkylation sites (tertiary alicyclic amines) is 2. The summed E-state index contributed by atoms with van der Waals surface area (Å²) in [6, 6.07) is 0. The molecule has 100 valence electrons. The van der Waals surface area contributed by atoms with Crippen LogP contribution in [0.25, 0.3) is 0 Å². The van der Waals surface area contributed by atoms with Crippen molar-refractivity contribution in [1.82, 2.24) is 9.80 Å². The zero-order chi connectivity index (χ0) is 12.1. The first-order valence-corrected chi connectivity index (χ1v) is 7.39. The zero-order valence-electron chi connectivity index (χ0n) is 11.4. The van der Waals surface area contributed by atoms with Gasteiger partial charge in [0.25, 0.3) is 0 Å². The van der Waals surface area contributed by atoms with Crippen LogP contribution in [0.5, 0.6) is 0 Å². The van der Waals surface area contributed by atoms with Gasteiger partial charge in [0.2, 0.25) is 0 Å². The van der Waals surface area contributed by atoms with Crippen molar-refractivity contribution in [2.24, 2.45) is 17.6 Å². The summed E-state index contributed by atoms with van der Waals surface area (Å²) in [5.74, 6) is 2.01. The van der Waals surface area contributed by atoms with Crippen LogP contribution >= 0.6 is 0 Å². The Kier molecular flexibility index (Phi) is 5.26. The van der Waals surface area contributed by atoms with Gasteiger partial charge in [-0.3, -0.25) is 0 Å². The average Bonchev–Trinajstić information content (AvgIpc) is 2.35. The van der Waals surface area contributed by atoms with E-state index in [1.807, 2.05) is 0 Å². The fourth-order valence-corrected chi connectivity index (χ4v) is 3.40. The average molecular weight is 239 g/mol.